The van der Waals surface area contributed by atoms with Gasteiger partial charge in [-0.25, -0.2) is 0 Å². The van der Waals surface area contributed by atoms with Gasteiger partial charge in [-0.3, -0.25) is 4.98 Å². The van der Waals surface area contributed by atoms with E-state index in [1.165, 1.54) is 0 Å². The number of hydrogen-bond acceptors (Lipinski definition) is 2. The maximum absolute atomic E-state index is 5.64. The zero-order valence-electron chi connectivity index (χ0n) is 8.97. The molecule has 78 valence electrons. The lowest BCUT2D eigenvalue weighted by molar-refractivity contribution is 0.549. The first-order valence-electron chi connectivity index (χ1n) is 5.25. The number of furan rings is 1. The van der Waals surface area contributed by atoms with Crippen molar-refractivity contribution in [3.8, 4) is 11.3 Å². The van der Waals surface area contributed by atoms with E-state index in [2.05, 4.69) is 17.1 Å². The first-order chi connectivity index (χ1) is 7.84. The minimum absolute atomic E-state index is 0.877. The predicted molar refractivity (Wildman–Crippen MR) is 64.2 cm³/mol. The number of benzene rings is 1. The number of hydrogen-bond donors (Lipinski definition) is 0. The maximum Gasteiger partial charge on any atom is 0.136 e. The van der Waals surface area contributed by atoms with E-state index in [0.717, 1.165) is 28.0 Å². The highest BCUT2D eigenvalue weighted by molar-refractivity contribution is 5.92. The molecule has 0 radical (unpaired) electrons. The van der Waals surface area contributed by atoms with Crippen LogP contribution in [0.2, 0.25) is 0 Å². The average Bonchev–Trinajstić information content (AvgIpc) is 2.75. The Labute approximate surface area is 93.5 Å². The fourth-order valence-electron chi connectivity index (χ4n) is 1.88. The predicted octanol–water partition coefficient (Wildman–Crippen LogP) is 3.80. The molecule has 0 fully saturated rings. The van der Waals surface area contributed by atoms with Crippen LogP contribution in [-0.2, 0) is 0 Å². The molecule has 0 aliphatic rings. The van der Waals surface area contributed by atoms with Crippen molar-refractivity contribution < 1.29 is 4.42 Å². The maximum atomic E-state index is 5.64. The molecule has 0 aliphatic carbocycles. The lowest BCUT2D eigenvalue weighted by Crippen LogP contribution is -1.82. The second kappa shape index (κ2) is 3.49. The number of para-hydroxylation sites is 1. The van der Waals surface area contributed by atoms with Crippen LogP contribution >= 0.6 is 0 Å². The van der Waals surface area contributed by atoms with Gasteiger partial charge in [0.1, 0.15) is 11.5 Å². The van der Waals surface area contributed by atoms with Gasteiger partial charge in [-0.05, 0) is 31.2 Å². The standard InChI is InChI=1S/C14H11NO/c1-10-7-8-13(16-10)12-6-2-4-11-5-3-9-15-14(11)12/h2-9H,1H3. The van der Waals surface area contributed by atoms with Gasteiger partial charge in [-0.15, -0.1) is 0 Å². The Kier molecular flexibility index (Phi) is 2.00. The summed E-state index contributed by atoms with van der Waals surface area (Å²) < 4.78 is 5.64. The highest BCUT2D eigenvalue weighted by atomic mass is 16.3. The lowest BCUT2D eigenvalue weighted by atomic mass is 10.1. The molecule has 2 nitrogen and oxygen atoms in total. The SMILES string of the molecule is Cc1ccc(-c2cccc3cccnc23)o1. The molecule has 3 rings (SSSR count). The van der Waals surface area contributed by atoms with Crippen LogP contribution in [0.25, 0.3) is 22.2 Å². The molecule has 2 heterocycles. The Morgan fingerprint density at radius 1 is 1.00 bits per heavy atom. The van der Waals surface area contributed by atoms with Crippen molar-refractivity contribution in [1.29, 1.82) is 0 Å². The fraction of sp³-hybridized carbons (Fsp3) is 0.0714. The molecular weight excluding hydrogens is 198 g/mol. The Bertz CT molecular complexity index is 635. The second-order valence-electron chi connectivity index (χ2n) is 3.79. The minimum Gasteiger partial charge on any atom is -0.461 e. The highest BCUT2D eigenvalue weighted by Crippen LogP contribution is 2.28. The Balaban J connectivity index is 2.31. The van der Waals surface area contributed by atoms with Gasteiger partial charge in [0.15, 0.2) is 0 Å². The molecule has 2 aromatic heterocycles. The summed E-state index contributed by atoms with van der Waals surface area (Å²) in [5.74, 6) is 1.80. The van der Waals surface area contributed by atoms with Crippen LogP contribution in [0.3, 0.4) is 0 Å². The van der Waals surface area contributed by atoms with Gasteiger partial charge in [0, 0.05) is 17.1 Å². The largest absolute Gasteiger partial charge is 0.461 e. The Hall–Kier alpha value is -2.09. The van der Waals surface area contributed by atoms with E-state index >= 15 is 0 Å². The average molecular weight is 209 g/mol. The van der Waals surface area contributed by atoms with E-state index < -0.39 is 0 Å². The van der Waals surface area contributed by atoms with Gasteiger partial charge in [-0.1, -0.05) is 18.2 Å². The molecule has 3 aromatic rings. The van der Waals surface area contributed by atoms with Crippen LogP contribution in [0, 0.1) is 6.92 Å². The summed E-state index contributed by atoms with van der Waals surface area (Å²) in [6.45, 7) is 1.95. The molecule has 0 N–H and O–H groups in total. The van der Waals surface area contributed by atoms with Gasteiger partial charge in [0.25, 0.3) is 0 Å². The van der Waals surface area contributed by atoms with Crippen LogP contribution in [-0.4, -0.2) is 4.98 Å². The molecule has 2 heteroatoms. The van der Waals surface area contributed by atoms with Crippen LogP contribution in [0.1, 0.15) is 5.76 Å². The molecule has 0 unspecified atom stereocenters. The smallest absolute Gasteiger partial charge is 0.136 e. The fourth-order valence-corrected chi connectivity index (χ4v) is 1.88. The van der Waals surface area contributed by atoms with Crippen molar-refractivity contribution in [1.82, 2.24) is 4.98 Å². The summed E-state index contributed by atoms with van der Waals surface area (Å²) >= 11 is 0. The summed E-state index contributed by atoms with van der Waals surface area (Å²) in [6.07, 6.45) is 1.81. The van der Waals surface area contributed by atoms with Crippen molar-refractivity contribution in [2.45, 2.75) is 6.92 Å². The third-order valence-corrected chi connectivity index (χ3v) is 2.64. The lowest BCUT2D eigenvalue weighted by Gasteiger charge is -2.02. The van der Waals surface area contributed by atoms with E-state index in [9.17, 15) is 0 Å². The van der Waals surface area contributed by atoms with Gasteiger partial charge in [-0.2, -0.15) is 0 Å². The summed E-state index contributed by atoms with van der Waals surface area (Å²) in [4.78, 5) is 4.41. The number of aryl methyl sites for hydroxylation is 1. The molecule has 0 amide bonds. The van der Waals surface area contributed by atoms with Crippen LogP contribution in [0.15, 0.2) is 53.1 Å². The van der Waals surface area contributed by atoms with E-state index in [0.29, 0.717) is 0 Å². The molecule has 16 heavy (non-hydrogen) atoms. The van der Waals surface area contributed by atoms with Crippen molar-refractivity contribution in [3.05, 3.63) is 54.4 Å². The molecular formula is C14H11NO. The molecule has 1 aromatic carbocycles. The van der Waals surface area contributed by atoms with Crippen LogP contribution < -0.4 is 0 Å². The third kappa shape index (κ3) is 1.39. The second-order valence-corrected chi connectivity index (χ2v) is 3.79. The summed E-state index contributed by atoms with van der Waals surface area (Å²) in [7, 11) is 0. The number of nitrogens with zero attached hydrogens (tertiary/aromatic N) is 1. The van der Waals surface area contributed by atoms with Crippen molar-refractivity contribution in [2.24, 2.45) is 0 Å². The zero-order valence-corrected chi connectivity index (χ0v) is 8.97. The highest BCUT2D eigenvalue weighted by Gasteiger charge is 2.07. The first-order valence-corrected chi connectivity index (χ1v) is 5.25. The van der Waals surface area contributed by atoms with Gasteiger partial charge in [0.05, 0.1) is 5.52 Å². The number of rotatable bonds is 1. The zero-order chi connectivity index (χ0) is 11.0. The van der Waals surface area contributed by atoms with Gasteiger partial charge >= 0.3 is 0 Å². The Morgan fingerprint density at radius 3 is 2.69 bits per heavy atom. The van der Waals surface area contributed by atoms with Crippen molar-refractivity contribution >= 4 is 10.9 Å². The van der Waals surface area contributed by atoms with Crippen LogP contribution in [0.5, 0.6) is 0 Å². The number of fused-ring (bicyclic) bond motifs is 1. The van der Waals surface area contributed by atoms with E-state index in [1.54, 1.807) is 0 Å². The van der Waals surface area contributed by atoms with Gasteiger partial charge < -0.3 is 4.42 Å². The summed E-state index contributed by atoms with van der Waals surface area (Å²) in [5, 5.41) is 1.13. The summed E-state index contributed by atoms with van der Waals surface area (Å²) in [6, 6.07) is 14.1. The van der Waals surface area contributed by atoms with Gasteiger partial charge in [0.2, 0.25) is 0 Å². The van der Waals surface area contributed by atoms with Crippen molar-refractivity contribution in [2.75, 3.05) is 0 Å². The normalized spacial score (nSPS) is 10.8. The molecule has 0 saturated heterocycles. The molecule has 0 aliphatic heterocycles. The molecule has 0 bridgehead atoms. The van der Waals surface area contributed by atoms with E-state index in [1.807, 2.05) is 43.5 Å². The van der Waals surface area contributed by atoms with Crippen LogP contribution in [0.4, 0.5) is 0 Å². The quantitative estimate of drug-likeness (QED) is 0.609. The third-order valence-electron chi connectivity index (χ3n) is 2.64. The minimum atomic E-state index is 0.877. The number of aromatic nitrogens is 1. The first kappa shape index (κ1) is 9.16. The molecule has 0 atom stereocenters. The Morgan fingerprint density at radius 2 is 1.88 bits per heavy atom. The van der Waals surface area contributed by atoms with E-state index in [4.69, 9.17) is 4.42 Å². The molecule has 0 spiro atoms. The molecule has 0 saturated carbocycles. The topological polar surface area (TPSA) is 26.0 Å². The van der Waals surface area contributed by atoms with E-state index in [-0.39, 0.29) is 0 Å². The number of pyridine rings is 1. The monoisotopic (exact) mass is 209 g/mol. The summed E-state index contributed by atoms with van der Waals surface area (Å²) in [5.41, 5.74) is 2.03. The van der Waals surface area contributed by atoms with Crippen molar-refractivity contribution in [3.63, 3.8) is 0 Å².